The molecule has 3 unspecified atom stereocenters. The molecule has 3 rings (SSSR count). The zero-order valence-electron chi connectivity index (χ0n) is 14.2. The van der Waals surface area contributed by atoms with E-state index in [4.69, 9.17) is 4.74 Å². The number of aliphatic hydroxyl groups excluding tert-OH is 3. The monoisotopic (exact) mass is 343 g/mol. The molecule has 1 aliphatic heterocycles. The van der Waals surface area contributed by atoms with Gasteiger partial charge >= 0.3 is 0 Å². The van der Waals surface area contributed by atoms with E-state index in [1.54, 1.807) is 0 Å². The van der Waals surface area contributed by atoms with Crippen LogP contribution in [0.4, 0.5) is 0 Å². The van der Waals surface area contributed by atoms with Crippen molar-refractivity contribution in [3.05, 3.63) is 65.7 Å². The Morgan fingerprint density at radius 1 is 0.960 bits per heavy atom. The lowest BCUT2D eigenvalue weighted by Gasteiger charge is -2.40. The average molecular weight is 343 g/mol. The Bertz CT molecular complexity index is 647. The van der Waals surface area contributed by atoms with Gasteiger partial charge in [-0.3, -0.25) is 4.90 Å². The maximum atomic E-state index is 10.0. The van der Waals surface area contributed by atoms with Crippen molar-refractivity contribution in [2.24, 2.45) is 0 Å². The summed E-state index contributed by atoms with van der Waals surface area (Å²) in [7, 11) is 0. The van der Waals surface area contributed by atoms with E-state index in [9.17, 15) is 15.3 Å². The van der Waals surface area contributed by atoms with Crippen molar-refractivity contribution in [1.82, 2.24) is 4.90 Å². The molecule has 1 saturated heterocycles. The molecule has 0 spiro atoms. The first-order valence-electron chi connectivity index (χ1n) is 8.64. The zero-order chi connectivity index (χ0) is 17.6. The van der Waals surface area contributed by atoms with E-state index in [1.807, 2.05) is 59.5 Å². The highest BCUT2D eigenvalue weighted by Gasteiger charge is 2.35. The molecule has 1 fully saturated rings. The van der Waals surface area contributed by atoms with Gasteiger partial charge in [-0.2, -0.15) is 0 Å². The van der Waals surface area contributed by atoms with E-state index in [0.717, 1.165) is 16.9 Å². The van der Waals surface area contributed by atoms with Crippen LogP contribution in [0, 0.1) is 0 Å². The molecule has 2 aromatic carbocycles. The SMILES string of the molecule is OCC1C(O)C(O)CCN1Cc1ccc(OCc2ccccc2)cc1. The molecule has 5 nitrogen and oxygen atoms in total. The second kappa shape index (κ2) is 8.45. The minimum absolute atomic E-state index is 0.170. The Labute approximate surface area is 148 Å². The Morgan fingerprint density at radius 3 is 2.36 bits per heavy atom. The third-order valence-corrected chi connectivity index (χ3v) is 4.71. The topological polar surface area (TPSA) is 73.2 Å². The second-order valence-corrected chi connectivity index (χ2v) is 6.49. The van der Waals surface area contributed by atoms with Crippen molar-refractivity contribution in [2.45, 2.75) is 37.8 Å². The summed E-state index contributed by atoms with van der Waals surface area (Å²) >= 11 is 0. The van der Waals surface area contributed by atoms with Gasteiger partial charge < -0.3 is 20.1 Å². The van der Waals surface area contributed by atoms with Crippen LogP contribution >= 0.6 is 0 Å². The molecular weight excluding hydrogens is 318 g/mol. The number of nitrogens with zero attached hydrogens (tertiary/aromatic N) is 1. The minimum atomic E-state index is -0.910. The van der Waals surface area contributed by atoms with Gasteiger partial charge in [-0.1, -0.05) is 42.5 Å². The second-order valence-electron chi connectivity index (χ2n) is 6.49. The van der Waals surface area contributed by atoms with Crippen LogP contribution < -0.4 is 4.74 Å². The van der Waals surface area contributed by atoms with Gasteiger partial charge in [-0.15, -0.1) is 0 Å². The summed E-state index contributed by atoms with van der Waals surface area (Å²) in [5.74, 6) is 0.806. The molecule has 5 heteroatoms. The Hall–Kier alpha value is -1.92. The number of piperidine rings is 1. The summed E-state index contributed by atoms with van der Waals surface area (Å²) in [5.41, 5.74) is 2.20. The highest BCUT2D eigenvalue weighted by atomic mass is 16.5. The summed E-state index contributed by atoms with van der Waals surface area (Å²) in [5, 5.41) is 29.3. The zero-order valence-corrected chi connectivity index (χ0v) is 14.2. The van der Waals surface area contributed by atoms with E-state index in [0.29, 0.717) is 26.1 Å². The van der Waals surface area contributed by atoms with Crippen LogP contribution in [-0.2, 0) is 13.2 Å². The Kier molecular flexibility index (Phi) is 6.04. The van der Waals surface area contributed by atoms with Gasteiger partial charge in [0.05, 0.1) is 24.9 Å². The van der Waals surface area contributed by atoms with Gasteiger partial charge in [-0.25, -0.2) is 0 Å². The van der Waals surface area contributed by atoms with E-state index in [1.165, 1.54) is 0 Å². The van der Waals surface area contributed by atoms with Crippen molar-refractivity contribution < 1.29 is 20.1 Å². The first-order chi connectivity index (χ1) is 12.2. The smallest absolute Gasteiger partial charge is 0.119 e. The largest absolute Gasteiger partial charge is 0.489 e. The Morgan fingerprint density at radius 2 is 1.68 bits per heavy atom. The first-order valence-corrected chi connectivity index (χ1v) is 8.64. The van der Waals surface area contributed by atoms with E-state index in [-0.39, 0.29) is 6.61 Å². The van der Waals surface area contributed by atoms with Crippen molar-refractivity contribution >= 4 is 0 Å². The normalized spacial score (nSPS) is 24.2. The molecule has 2 aromatic rings. The average Bonchev–Trinajstić information content (AvgIpc) is 2.65. The van der Waals surface area contributed by atoms with Crippen LogP contribution in [-0.4, -0.2) is 51.6 Å². The summed E-state index contributed by atoms with van der Waals surface area (Å²) in [4.78, 5) is 2.01. The quantitative estimate of drug-likeness (QED) is 0.742. The summed E-state index contributed by atoms with van der Waals surface area (Å²) in [6.45, 7) is 1.63. The number of hydrogen-bond acceptors (Lipinski definition) is 5. The molecule has 0 aliphatic carbocycles. The lowest BCUT2D eigenvalue weighted by atomic mass is 9.96. The van der Waals surface area contributed by atoms with Crippen molar-refractivity contribution in [2.75, 3.05) is 13.2 Å². The fourth-order valence-corrected chi connectivity index (χ4v) is 3.19. The van der Waals surface area contributed by atoms with Gasteiger partial charge in [0.15, 0.2) is 0 Å². The van der Waals surface area contributed by atoms with Gasteiger partial charge in [-0.05, 0) is 29.7 Å². The molecular formula is C20H25NO4. The third kappa shape index (κ3) is 4.58. The standard InChI is InChI=1S/C20H25NO4/c22-13-18-20(24)19(23)10-11-21(18)12-15-6-8-17(9-7-15)25-14-16-4-2-1-3-5-16/h1-9,18-20,22-24H,10-14H2. The number of hydrogen-bond donors (Lipinski definition) is 3. The third-order valence-electron chi connectivity index (χ3n) is 4.71. The van der Waals surface area contributed by atoms with Gasteiger partial charge in [0, 0.05) is 13.1 Å². The molecule has 0 saturated carbocycles. The Balaban J connectivity index is 1.57. The molecule has 3 atom stereocenters. The van der Waals surface area contributed by atoms with Crippen LogP contribution in [0.25, 0.3) is 0 Å². The van der Waals surface area contributed by atoms with Crippen molar-refractivity contribution in [3.63, 3.8) is 0 Å². The van der Waals surface area contributed by atoms with Gasteiger partial charge in [0.2, 0.25) is 0 Å². The maximum Gasteiger partial charge on any atom is 0.119 e. The van der Waals surface area contributed by atoms with Gasteiger partial charge in [0.1, 0.15) is 12.4 Å². The highest BCUT2D eigenvalue weighted by Crippen LogP contribution is 2.22. The summed E-state index contributed by atoms with van der Waals surface area (Å²) in [6, 6.07) is 17.4. The van der Waals surface area contributed by atoms with Crippen molar-refractivity contribution in [1.29, 1.82) is 0 Å². The van der Waals surface area contributed by atoms with E-state index >= 15 is 0 Å². The molecule has 134 valence electrons. The molecule has 1 heterocycles. The predicted octanol–water partition coefficient (Wildman–Crippen LogP) is 1.55. The van der Waals surface area contributed by atoms with Crippen LogP contribution in [0.3, 0.4) is 0 Å². The lowest BCUT2D eigenvalue weighted by molar-refractivity contribution is -0.0920. The molecule has 0 bridgehead atoms. The van der Waals surface area contributed by atoms with E-state index < -0.39 is 18.2 Å². The molecule has 3 N–H and O–H groups in total. The predicted molar refractivity (Wildman–Crippen MR) is 95.1 cm³/mol. The maximum absolute atomic E-state index is 10.0. The van der Waals surface area contributed by atoms with Crippen LogP contribution in [0.1, 0.15) is 17.5 Å². The molecule has 1 aliphatic rings. The van der Waals surface area contributed by atoms with Crippen LogP contribution in [0.15, 0.2) is 54.6 Å². The lowest BCUT2D eigenvalue weighted by Crippen LogP contribution is -2.55. The summed E-state index contributed by atoms with van der Waals surface area (Å²) in [6.07, 6.45) is -1.16. The van der Waals surface area contributed by atoms with Crippen LogP contribution in [0.5, 0.6) is 5.75 Å². The minimum Gasteiger partial charge on any atom is -0.489 e. The number of benzene rings is 2. The molecule has 0 aromatic heterocycles. The molecule has 25 heavy (non-hydrogen) atoms. The first kappa shape index (κ1) is 17.9. The fraction of sp³-hybridized carbons (Fsp3) is 0.400. The van der Waals surface area contributed by atoms with Crippen molar-refractivity contribution in [3.8, 4) is 5.75 Å². The van der Waals surface area contributed by atoms with E-state index in [2.05, 4.69) is 0 Å². The fourth-order valence-electron chi connectivity index (χ4n) is 3.19. The summed E-state index contributed by atoms with van der Waals surface area (Å²) < 4.78 is 5.78. The number of ether oxygens (including phenoxy) is 1. The van der Waals surface area contributed by atoms with Gasteiger partial charge in [0.25, 0.3) is 0 Å². The number of aliphatic hydroxyl groups is 3. The van der Waals surface area contributed by atoms with Crippen LogP contribution in [0.2, 0.25) is 0 Å². The molecule has 0 amide bonds. The number of rotatable bonds is 6. The molecule has 0 radical (unpaired) electrons. The number of likely N-dealkylation sites (tertiary alicyclic amines) is 1. The highest BCUT2D eigenvalue weighted by molar-refractivity contribution is 5.28.